The molecule has 0 aliphatic rings. The van der Waals surface area contributed by atoms with Gasteiger partial charge in [0.2, 0.25) is 0 Å². The summed E-state index contributed by atoms with van der Waals surface area (Å²) >= 11 is 0. The van der Waals surface area contributed by atoms with E-state index in [-0.39, 0.29) is 18.6 Å². The molecule has 9 heteroatoms. The topological polar surface area (TPSA) is 105 Å². The van der Waals surface area contributed by atoms with E-state index in [9.17, 15) is 18.5 Å². The number of ether oxygens (including phenoxy) is 2. The first-order valence-electron chi connectivity index (χ1n) is 10.8. The normalized spacial score (nSPS) is 15.4. The SMILES string of the molecule is CC(C)(C)OC(=O)N[C@](C)(c1ccccc1F)C(CC(C#N)S(C)(=O)=O)OCc1ccccc1. The van der Waals surface area contributed by atoms with Crippen LogP contribution in [0, 0.1) is 17.1 Å². The van der Waals surface area contributed by atoms with Crippen LogP contribution in [0.2, 0.25) is 0 Å². The lowest BCUT2D eigenvalue weighted by Crippen LogP contribution is -2.55. The standard InChI is InChI=1S/C25H31FN2O5S/c1-24(2,3)33-23(29)28-25(4,20-13-9-10-14-21(20)26)22(15-19(16-27)34(5,30)31)32-17-18-11-7-6-8-12-18/h6-14,19,22H,15,17H2,1-5H3,(H,28,29)/t19?,22?,25-/m1/s1. The average molecular weight is 491 g/mol. The molecule has 34 heavy (non-hydrogen) atoms. The van der Waals surface area contributed by atoms with Gasteiger partial charge in [0.1, 0.15) is 16.7 Å². The number of nitrogens with one attached hydrogen (secondary N) is 1. The van der Waals surface area contributed by atoms with E-state index in [1.807, 2.05) is 30.3 Å². The Bertz CT molecular complexity index is 1130. The van der Waals surface area contributed by atoms with Crippen molar-refractivity contribution in [2.45, 2.75) is 63.2 Å². The number of nitriles is 1. The van der Waals surface area contributed by atoms with Gasteiger partial charge >= 0.3 is 6.09 Å². The monoisotopic (exact) mass is 490 g/mol. The molecule has 2 unspecified atom stereocenters. The van der Waals surface area contributed by atoms with Gasteiger partial charge in [0.05, 0.1) is 24.3 Å². The Morgan fingerprint density at radius 2 is 1.68 bits per heavy atom. The first-order chi connectivity index (χ1) is 15.8. The van der Waals surface area contributed by atoms with Crippen LogP contribution in [0.25, 0.3) is 0 Å². The van der Waals surface area contributed by atoms with E-state index in [1.165, 1.54) is 25.1 Å². The van der Waals surface area contributed by atoms with Crippen molar-refractivity contribution in [2.24, 2.45) is 0 Å². The Kier molecular flexibility index (Phi) is 8.81. The summed E-state index contributed by atoms with van der Waals surface area (Å²) in [7, 11) is -3.78. The second kappa shape index (κ2) is 11.0. The van der Waals surface area contributed by atoms with Crippen molar-refractivity contribution in [2.75, 3.05) is 6.26 Å². The Hall–Kier alpha value is -2.96. The number of nitrogens with zero attached hydrogens (tertiary/aromatic N) is 1. The number of halogens is 1. The van der Waals surface area contributed by atoms with Gasteiger partial charge in [-0.15, -0.1) is 0 Å². The number of sulfone groups is 1. The van der Waals surface area contributed by atoms with Gasteiger partial charge < -0.3 is 14.8 Å². The zero-order chi connectivity index (χ0) is 25.6. The molecular formula is C25H31FN2O5S. The van der Waals surface area contributed by atoms with E-state index in [4.69, 9.17) is 9.47 Å². The van der Waals surface area contributed by atoms with Crippen molar-refractivity contribution in [3.63, 3.8) is 0 Å². The van der Waals surface area contributed by atoms with Gasteiger partial charge in [0, 0.05) is 18.2 Å². The zero-order valence-corrected chi connectivity index (χ0v) is 20.9. The third-order valence-electron chi connectivity index (χ3n) is 5.22. The van der Waals surface area contributed by atoms with Crippen LogP contribution in [0.3, 0.4) is 0 Å². The summed E-state index contributed by atoms with van der Waals surface area (Å²) in [5.41, 5.74) is -1.54. The van der Waals surface area contributed by atoms with Crippen molar-refractivity contribution >= 4 is 15.9 Å². The Balaban J connectivity index is 2.56. The van der Waals surface area contributed by atoms with Crippen LogP contribution in [-0.4, -0.2) is 37.7 Å². The van der Waals surface area contributed by atoms with Gasteiger partial charge in [0.15, 0.2) is 9.84 Å². The van der Waals surface area contributed by atoms with Crippen LogP contribution < -0.4 is 5.32 Å². The lowest BCUT2D eigenvalue weighted by atomic mass is 9.83. The third kappa shape index (κ3) is 7.54. The molecule has 7 nitrogen and oxygen atoms in total. The second-order valence-electron chi connectivity index (χ2n) is 9.28. The maximum absolute atomic E-state index is 15.0. The van der Waals surface area contributed by atoms with E-state index in [0.717, 1.165) is 11.8 Å². The summed E-state index contributed by atoms with van der Waals surface area (Å²) in [6, 6.07) is 16.7. The number of carbonyl (C=O) groups excluding carboxylic acids is 1. The predicted molar refractivity (Wildman–Crippen MR) is 127 cm³/mol. The zero-order valence-electron chi connectivity index (χ0n) is 20.0. The largest absolute Gasteiger partial charge is 0.444 e. The molecule has 1 N–H and O–H groups in total. The molecule has 0 fully saturated rings. The van der Waals surface area contributed by atoms with Crippen LogP contribution in [0.4, 0.5) is 9.18 Å². The fraction of sp³-hybridized carbons (Fsp3) is 0.440. The van der Waals surface area contributed by atoms with Gasteiger partial charge in [-0.25, -0.2) is 17.6 Å². The molecule has 0 saturated heterocycles. The molecule has 0 aliphatic heterocycles. The lowest BCUT2D eigenvalue weighted by molar-refractivity contribution is -0.0320. The molecule has 0 aliphatic carbocycles. The number of hydrogen-bond acceptors (Lipinski definition) is 6. The van der Waals surface area contributed by atoms with E-state index in [2.05, 4.69) is 5.32 Å². The van der Waals surface area contributed by atoms with Crippen LogP contribution in [0.1, 0.15) is 45.2 Å². The lowest BCUT2D eigenvalue weighted by Gasteiger charge is -2.39. The fourth-order valence-corrected chi connectivity index (χ4v) is 4.19. The average Bonchev–Trinajstić information content (AvgIpc) is 2.72. The summed E-state index contributed by atoms with van der Waals surface area (Å²) < 4.78 is 51.0. The minimum absolute atomic E-state index is 0.0491. The van der Waals surface area contributed by atoms with E-state index < -0.39 is 44.2 Å². The summed E-state index contributed by atoms with van der Waals surface area (Å²) in [4.78, 5) is 12.8. The van der Waals surface area contributed by atoms with Crippen LogP contribution >= 0.6 is 0 Å². The molecule has 0 radical (unpaired) electrons. The number of carbonyl (C=O) groups is 1. The van der Waals surface area contributed by atoms with E-state index in [0.29, 0.717) is 0 Å². The Morgan fingerprint density at radius 3 is 2.21 bits per heavy atom. The van der Waals surface area contributed by atoms with Crippen molar-refractivity contribution in [1.29, 1.82) is 5.26 Å². The summed E-state index contributed by atoms with van der Waals surface area (Å²) in [6.07, 6.45) is -1.28. The molecule has 184 valence electrons. The Morgan fingerprint density at radius 1 is 1.09 bits per heavy atom. The summed E-state index contributed by atoms with van der Waals surface area (Å²) in [5, 5.41) is 10.8. The molecule has 0 saturated carbocycles. The van der Waals surface area contributed by atoms with Gasteiger partial charge in [-0.3, -0.25) is 0 Å². The number of benzene rings is 2. The highest BCUT2D eigenvalue weighted by atomic mass is 32.2. The number of rotatable bonds is 9. The maximum Gasteiger partial charge on any atom is 0.408 e. The molecule has 2 aromatic rings. The highest BCUT2D eigenvalue weighted by Gasteiger charge is 2.44. The second-order valence-corrected chi connectivity index (χ2v) is 11.5. The molecule has 3 atom stereocenters. The highest BCUT2D eigenvalue weighted by molar-refractivity contribution is 7.91. The van der Waals surface area contributed by atoms with Gasteiger partial charge in [-0.05, 0) is 39.3 Å². The smallest absolute Gasteiger partial charge is 0.408 e. The van der Waals surface area contributed by atoms with Crippen molar-refractivity contribution < 1.29 is 27.1 Å². The number of amides is 1. The minimum atomic E-state index is -3.78. The first kappa shape index (κ1) is 27.3. The highest BCUT2D eigenvalue weighted by Crippen LogP contribution is 2.33. The fourth-order valence-electron chi connectivity index (χ4n) is 3.48. The van der Waals surface area contributed by atoms with Crippen molar-refractivity contribution in [1.82, 2.24) is 5.32 Å². The van der Waals surface area contributed by atoms with Gasteiger partial charge in [0.25, 0.3) is 0 Å². The van der Waals surface area contributed by atoms with Gasteiger partial charge in [-0.2, -0.15) is 5.26 Å². The van der Waals surface area contributed by atoms with Gasteiger partial charge in [-0.1, -0.05) is 48.5 Å². The molecule has 2 rings (SSSR count). The third-order valence-corrected chi connectivity index (χ3v) is 6.55. The summed E-state index contributed by atoms with van der Waals surface area (Å²) in [6.45, 7) is 6.64. The van der Waals surface area contributed by atoms with E-state index >= 15 is 4.39 Å². The van der Waals surface area contributed by atoms with Crippen molar-refractivity contribution in [3.8, 4) is 6.07 Å². The molecule has 2 aromatic carbocycles. The number of alkyl carbamates (subject to hydrolysis) is 1. The molecular weight excluding hydrogens is 459 g/mol. The van der Waals surface area contributed by atoms with Crippen LogP contribution in [0.5, 0.6) is 0 Å². The quantitative estimate of drug-likeness (QED) is 0.556. The molecule has 0 heterocycles. The van der Waals surface area contributed by atoms with Crippen LogP contribution in [0.15, 0.2) is 54.6 Å². The molecule has 0 spiro atoms. The number of hydrogen-bond donors (Lipinski definition) is 1. The molecule has 1 amide bonds. The van der Waals surface area contributed by atoms with Crippen molar-refractivity contribution in [3.05, 3.63) is 71.5 Å². The predicted octanol–water partition coefficient (Wildman–Crippen LogP) is 4.48. The van der Waals surface area contributed by atoms with E-state index in [1.54, 1.807) is 32.9 Å². The molecule has 0 aromatic heterocycles. The Labute approximate surface area is 200 Å². The maximum atomic E-state index is 15.0. The molecule has 0 bridgehead atoms. The summed E-state index contributed by atoms with van der Waals surface area (Å²) in [5.74, 6) is -0.623. The minimum Gasteiger partial charge on any atom is -0.444 e. The van der Waals surface area contributed by atoms with Crippen LogP contribution in [-0.2, 0) is 31.5 Å². The first-order valence-corrected chi connectivity index (χ1v) is 12.7.